The van der Waals surface area contributed by atoms with Crippen LogP contribution in [0.1, 0.15) is 5.56 Å². The molecule has 0 bridgehead atoms. The SMILES string of the molecule is Cc1ccncc1-c1ccc(N)c(OCC(F)(F)F)c1. The number of aromatic nitrogens is 1. The number of nitrogens with two attached hydrogens (primary N) is 1. The molecular formula is C14H13F3N2O. The molecule has 0 aliphatic carbocycles. The predicted molar refractivity (Wildman–Crippen MR) is 70.4 cm³/mol. The number of hydrogen-bond donors (Lipinski definition) is 1. The van der Waals surface area contributed by atoms with Crippen molar-refractivity contribution in [2.75, 3.05) is 12.3 Å². The van der Waals surface area contributed by atoms with E-state index in [4.69, 9.17) is 10.5 Å². The fraction of sp³-hybridized carbons (Fsp3) is 0.214. The van der Waals surface area contributed by atoms with Gasteiger partial charge in [0, 0.05) is 18.0 Å². The van der Waals surface area contributed by atoms with E-state index in [1.807, 2.05) is 13.0 Å². The summed E-state index contributed by atoms with van der Waals surface area (Å²) in [6.45, 7) is 0.524. The second kappa shape index (κ2) is 5.40. The third-order valence-electron chi connectivity index (χ3n) is 2.75. The first kappa shape index (κ1) is 14.2. The van der Waals surface area contributed by atoms with Crippen molar-refractivity contribution in [2.45, 2.75) is 13.1 Å². The summed E-state index contributed by atoms with van der Waals surface area (Å²) in [5.41, 5.74) is 8.29. The van der Waals surface area contributed by atoms with E-state index < -0.39 is 12.8 Å². The number of anilines is 1. The summed E-state index contributed by atoms with van der Waals surface area (Å²) in [6, 6.07) is 6.56. The Morgan fingerprint density at radius 2 is 2.00 bits per heavy atom. The number of halogens is 3. The van der Waals surface area contributed by atoms with Gasteiger partial charge in [-0.15, -0.1) is 0 Å². The van der Waals surface area contributed by atoms with Gasteiger partial charge < -0.3 is 10.5 Å². The van der Waals surface area contributed by atoms with Gasteiger partial charge in [-0.25, -0.2) is 0 Å². The van der Waals surface area contributed by atoms with Gasteiger partial charge in [0.15, 0.2) is 6.61 Å². The summed E-state index contributed by atoms with van der Waals surface area (Å²) in [7, 11) is 0. The van der Waals surface area contributed by atoms with Crippen LogP contribution in [0.15, 0.2) is 36.7 Å². The van der Waals surface area contributed by atoms with E-state index in [2.05, 4.69) is 4.98 Å². The molecule has 3 nitrogen and oxygen atoms in total. The number of pyridine rings is 1. The van der Waals surface area contributed by atoms with Crippen molar-refractivity contribution >= 4 is 5.69 Å². The fourth-order valence-electron chi connectivity index (χ4n) is 1.75. The van der Waals surface area contributed by atoms with Gasteiger partial charge in [-0.3, -0.25) is 4.98 Å². The third-order valence-corrected chi connectivity index (χ3v) is 2.75. The summed E-state index contributed by atoms with van der Waals surface area (Å²) >= 11 is 0. The number of ether oxygens (including phenoxy) is 1. The molecule has 20 heavy (non-hydrogen) atoms. The van der Waals surface area contributed by atoms with Gasteiger partial charge in [-0.2, -0.15) is 13.2 Å². The van der Waals surface area contributed by atoms with Crippen LogP contribution in [0.25, 0.3) is 11.1 Å². The zero-order valence-corrected chi connectivity index (χ0v) is 10.7. The van der Waals surface area contributed by atoms with Crippen LogP contribution >= 0.6 is 0 Å². The molecule has 2 N–H and O–H groups in total. The molecule has 0 fully saturated rings. The molecule has 0 saturated carbocycles. The van der Waals surface area contributed by atoms with E-state index in [0.717, 1.165) is 11.1 Å². The second-order valence-corrected chi connectivity index (χ2v) is 4.35. The molecule has 0 aliphatic heterocycles. The highest BCUT2D eigenvalue weighted by Crippen LogP contribution is 2.31. The van der Waals surface area contributed by atoms with Gasteiger partial charge in [-0.05, 0) is 36.2 Å². The van der Waals surface area contributed by atoms with Crippen molar-refractivity contribution < 1.29 is 17.9 Å². The first-order chi connectivity index (χ1) is 9.37. The number of rotatable bonds is 3. The van der Waals surface area contributed by atoms with Crippen LogP contribution in [-0.2, 0) is 0 Å². The first-order valence-electron chi connectivity index (χ1n) is 5.87. The van der Waals surface area contributed by atoms with Crippen molar-refractivity contribution in [3.8, 4) is 16.9 Å². The van der Waals surface area contributed by atoms with Crippen molar-refractivity contribution in [3.05, 3.63) is 42.2 Å². The Labute approximate surface area is 114 Å². The van der Waals surface area contributed by atoms with Gasteiger partial charge in [-0.1, -0.05) is 6.07 Å². The molecule has 6 heteroatoms. The standard InChI is InChI=1S/C14H13F3N2O/c1-9-4-5-19-7-11(9)10-2-3-12(18)13(6-10)20-8-14(15,16)17/h2-7H,8,18H2,1H3. The summed E-state index contributed by atoms with van der Waals surface area (Å²) in [4.78, 5) is 4.01. The van der Waals surface area contributed by atoms with Crippen LogP contribution in [0.3, 0.4) is 0 Å². The van der Waals surface area contributed by atoms with Crippen molar-refractivity contribution in [1.82, 2.24) is 4.98 Å². The molecular weight excluding hydrogens is 269 g/mol. The molecule has 0 spiro atoms. The Balaban J connectivity index is 2.32. The minimum absolute atomic E-state index is 0.0167. The molecule has 1 heterocycles. The predicted octanol–water partition coefficient (Wildman–Crippen LogP) is 3.58. The van der Waals surface area contributed by atoms with Gasteiger partial charge in [0.05, 0.1) is 5.69 Å². The molecule has 0 atom stereocenters. The smallest absolute Gasteiger partial charge is 0.422 e. The van der Waals surface area contributed by atoms with Crippen LogP contribution < -0.4 is 10.5 Å². The van der Waals surface area contributed by atoms with Gasteiger partial charge in [0.1, 0.15) is 5.75 Å². The number of nitrogen functional groups attached to an aromatic ring is 1. The molecule has 0 saturated heterocycles. The minimum Gasteiger partial charge on any atom is -0.482 e. The Bertz CT molecular complexity index is 612. The monoisotopic (exact) mass is 282 g/mol. The molecule has 0 aliphatic rings. The Morgan fingerprint density at radius 3 is 2.65 bits per heavy atom. The molecule has 0 unspecified atom stereocenters. The zero-order valence-electron chi connectivity index (χ0n) is 10.7. The number of aryl methyl sites for hydroxylation is 1. The van der Waals surface area contributed by atoms with Gasteiger partial charge in [0.25, 0.3) is 0 Å². The van der Waals surface area contributed by atoms with E-state index in [0.29, 0.717) is 5.56 Å². The average molecular weight is 282 g/mol. The maximum Gasteiger partial charge on any atom is 0.422 e. The number of alkyl halides is 3. The lowest BCUT2D eigenvalue weighted by molar-refractivity contribution is -0.153. The van der Waals surface area contributed by atoms with Gasteiger partial charge >= 0.3 is 6.18 Å². The normalized spacial score (nSPS) is 11.4. The fourth-order valence-corrected chi connectivity index (χ4v) is 1.75. The second-order valence-electron chi connectivity index (χ2n) is 4.35. The average Bonchev–Trinajstić information content (AvgIpc) is 2.38. The summed E-state index contributed by atoms with van der Waals surface area (Å²) in [6.07, 6.45) is -1.10. The van der Waals surface area contributed by atoms with E-state index in [1.54, 1.807) is 18.5 Å². The van der Waals surface area contributed by atoms with Crippen molar-refractivity contribution in [2.24, 2.45) is 0 Å². The van der Waals surface area contributed by atoms with E-state index in [-0.39, 0.29) is 11.4 Å². The number of nitrogens with zero attached hydrogens (tertiary/aromatic N) is 1. The largest absolute Gasteiger partial charge is 0.482 e. The number of benzene rings is 1. The Kier molecular flexibility index (Phi) is 3.83. The molecule has 106 valence electrons. The lowest BCUT2D eigenvalue weighted by Crippen LogP contribution is -2.19. The minimum atomic E-state index is -4.40. The first-order valence-corrected chi connectivity index (χ1v) is 5.87. The van der Waals surface area contributed by atoms with Crippen molar-refractivity contribution in [3.63, 3.8) is 0 Å². The molecule has 0 amide bonds. The summed E-state index contributed by atoms with van der Waals surface area (Å²) in [5.74, 6) is 0.0167. The van der Waals surface area contributed by atoms with Crippen LogP contribution in [0.4, 0.5) is 18.9 Å². The molecule has 1 aromatic carbocycles. The van der Waals surface area contributed by atoms with Crippen LogP contribution in [-0.4, -0.2) is 17.8 Å². The van der Waals surface area contributed by atoms with Crippen LogP contribution in [0, 0.1) is 6.92 Å². The maximum atomic E-state index is 12.2. The zero-order chi connectivity index (χ0) is 14.8. The molecule has 2 rings (SSSR count). The Hall–Kier alpha value is -2.24. The summed E-state index contributed by atoms with van der Waals surface area (Å²) in [5, 5.41) is 0. The topological polar surface area (TPSA) is 48.1 Å². The quantitative estimate of drug-likeness (QED) is 0.875. The molecule has 2 aromatic rings. The highest BCUT2D eigenvalue weighted by Gasteiger charge is 2.28. The van der Waals surface area contributed by atoms with E-state index in [9.17, 15) is 13.2 Å². The lowest BCUT2D eigenvalue weighted by atomic mass is 10.0. The van der Waals surface area contributed by atoms with Gasteiger partial charge in [0.2, 0.25) is 0 Å². The number of hydrogen-bond acceptors (Lipinski definition) is 3. The highest BCUT2D eigenvalue weighted by molar-refractivity contribution is 5.71. The van der Waals surface area contributed by atoms with Crippen molar-refractivity contribution in [1.29, 1.82) is 0 Å². The summed E-state index contributed by atoms with van der Waals surface area (Å²) < 4.78 is 41.3. The highest BCUT2D eigenvalue weighted by atomic mass is 19.4. The van der Waals surface area contributed by atoms with Crippen LogP contribution in [0.2, 0.25) is 0 Å². The molecule has 1 aromatic heterocycles. The van der Waals surface area contributed by atoms with E-state index in [1.165, 1.54) is 12.1 Å². The molecule has 0 radical (unpaired) electrons. The Morgan fingerprint density at radius 1 is 1.25 bits per heavy atom. The van der Waals surface area contributed by atoms with E-state index >= 15 is 0 Å². The van der Waals surface area contributed by atoms with Crippen LogP contribution in [0.5, 0.6) is 5.75 Å². The third kappa shape index (κ3) is 3.40. The maximum absolute atomic E-state index is 12.2. The lowest BCUT2D eigenvalue weighted by Gasteiger charge is -2.13.